The van der Waals surface area contributed by atoms with Crippen LogP contribution in [-0.2, 0) is 0 Å². The van der Waals surface area contributed by atoms with E-state index in [-0.39, 0.29) is 0 Å². The van der Waals surface area contributed by atoms with Crippen LogP contribution in [0.3, 0.4) is 0 Å². The zero-order valence-corrected chi connectivity index (χ0v) is 4.98. The molecule has 0 aromatic carbocycles. The second kappa shape index (κ2) is 2.54. The summed E-state index contributed by atoms with van der Waals surface area (Å²) in [4.78, 5) is 0. The molecule has 1 aliphatic carbocycles. The summed E-state index contributed by atoms with van der Waals surface area (Å²) < 4.78 is 0. The zero-order valence-electron chi connectivity index (χ0n) is 4.98. The van der Waals surface area contributed by atoms with Gasteiger partial charge in [-0.1, -0.05) is 6.08 Å². The standard InChI is InChI=1S/C8H10/c1-2-5-8-6-3-4-7-8/h2-3H,1,4-5,7H2. The van der Waals surface area contributed by atoms with Gasteiger partial charge in [0.15, 0.2) is 0 Å². The van der Waals surface area contributed by atoms with Crippen molar-refractivity contribution >= 4 is 0 Å². The monoisotopic (exact) mass is 106 g/mol. The Balaban J connectivity index is 2.47. The van der Waals surface area contributed by atoms with Crippen molar-refractivity contribution in [2.24, 2.45) is 0 Å². The van der Waals surface area contributed by atoms with E-state index in [1.54, 1.807) is 0 Å². The fraction of sp³-hybridized carbons (Fsp3) is 0.375. The molecule has 0 nitrogen and oxygen atoms in total. The summed E-state index contributed by atoms with van der Waals surface area (Å²) in [6.45, 7) is 3.65. The van der Waals surface area contributed by atoms with Crippen LogP contribution >= 0.6 is 0 Å². The second-order valence-corrected chi connectivity index (χ2v) is 1.98. The van der Waals surface area contributed by atoms with Crippen molar-refractivity contribution in [3.8, 4) is 0 Å². The van der Waals surface area contributed by atoms with Crippen LogP contribution in [0.2, 0.25) is 0 Å². The lowest BCUT2D eigenvalue weighted by Gasteiger charge is -1.89. The Labute approximate surface area is 50.2 Å². The molecule has 0 fully saturated rings. The molecule has 0 bridgehead atoms. The first-order chi connectivity index (χ1) is 3.93. The van der Waals surface area contributed by atoms with Crippen molar-refractivity contribution in [1.82, 2.24) is 0 Å². The third-order valence-corrected chi connectivity index (χ3v) is 1.29. The van der Waals surface area contributed by atoms with Gasteiger partial charge in [-0.15, -0.1) is 12.3 Å². The molecule has 0 atom stereocenters. The van der Waals surface area contributed by atoms with Gasteiger partial charge >= 0.3 is 0 Å². The van der Waals surface area contributed by atoms with Crippen molar-refractivity contribution < 1.29 is 0 Å². The van der Waals surface area contributed by atoms with E-state index in [1.807, 2.05) is 6.08 Å². The molecular formula is C8H10. The molecule has 1 rings (SSSR count). The Morgan fingerprint density at radius 3 is 3.25 bits per heavy atom. The summed E-state index contributed by atoms with van der Waals surface area (Å²) in [5, 5.41) is 0. The predicted octanol–water partition coefficient (Wildman–Crippen LogP) is 2.44. The van der Waals surface area contributed by atoms with Crippen LogP contribution in [0.5, 0.6) is 0 Å². The molecule has 0 aromatic rings. The van der Waals surface area contributed by atoms with E-state index in [4.69, 9.17) is 0 Å². The summed E-state index contributed by atoms with van der Waals surface area (Å²) in [5.74, 6) is 0. The number of hydrogen-bond donors (Lipinski definition) is 0. The summed E-state index contributed by atoms with van der Waals surface area (Å²) >= 11 is 0. The van der Waals surface area contributed by atoms with E-state index in [0.29, 0.717) is 0 Å². The first-order valence-electron chi connectivity index (χ1n) is 2.97. The minimum absolute atomic E-state index is 1.02. The maximum absolute atomic E-state index is 3.65. The number of rotatable bonds is 2. The van der Waals surface area contributed by atoms with Gasteiger partial charge in [-0.3, -0.25) is 0 Å². The van der Waals surface area contributed by atoms with Crippen LogP contribution in [0, 0.1) is 0 Å². The second-order valence-electron chi connectivity index (χ2n) is 1.98. The van der Waals surface area contributed by atoms with Gasteiger partial charge in [-0.05, 0) is 30.9 Å². The largest absolute Gasteiger partial charge is 0.126 e. The van der Waals surface area contributed by atoms with E-state index in [2.05, 4.69) is 18.4 Å². The van der Waals surface area contributed by atoms with Crippen molar-refractivity contribution in [1.29, 1.82) is 0 Å². The average molecular weight is 106 g/mol. The minimum atomic E-state index is 1.02. The van der Waals surface area contributed by atoms with Gasteiger partial charge in [0.05, 0.1) is 0 Å². The van der Waals surface area contributed by atoms with Gasteiger partial charge < -0.3 is 0 Å². The molecule has 8 heavy (non-hydrogen) atoms. The molecule has 0 saturated carbocycles. The molecule has 0 radical (unpaired) electrons. The van der Waals surface area contributed by atoms with Gasteiger partial charge in [0.25, 0.3) is 0 Å². The molecule has 0 saturated heterocycles. The molecule has 0 N–H and O–H groups in total. The first-order valence-corrected chi connectivity index (χ1v) is 2.97. The van der Waals surface area contributed by atoms with Gasteiger partial charge in [0.2, 0.25) is 0 Å². The SMILES string of the molecule is C=CCC1=C=CCC1. The molecule has 0 amide bonds. The Hall–Kier alpha value is -0.740. The molecule has 0 unspecified atom stereocenters. The van der Waals surface area contributed by atoms with Crippen molar-refractivity contribution in [2.45, 2.75) is 19.3 Å². The molecule has 1 aliphatic rings. The molecule has 0 spiro atoms. The zero-order chi connectivity index (χ0) is 5.82. The maximum atomic E-state index is 3.65. The molecule has 0 heterocycles. The Morgan fingerprint density at radius 2 is 2.75 bits per heavy atom. The quantitative estimate of drug-likeness (QED) is 0.374. The Kier molecular flexibility index (Phi) is 1.71. The van der Waals surface area contributed by atoms with Crippen molar-refractivity contribution in [2.75, 3.05) is 0 Å². The predicted molar refractivity (Wildman–Crippen MR) is 35.6 cm³/mol. The van der Waals surface area contributed by atoms with Gasteiger partial charge in [0, 0.05) is 0 Å². The van der Waals surface area contributed by atoms with Crippen LogP contribution in [0.25, 0.3) is 0 Å². The number of allylic oxidation sites excluding steroid dienone is 2. The summed E-state index contributed by atoms with van der Waals surface area (Å²) in [7, 11) is 0. The highest BCUT2D eigenvalue weighted by Crippen LogP contribution is 2.13. The molecule has 0 heteroatoms. The molecule has 0 aromatic heterocycles. The topological polar surface area (TPSA) is 0 Å². The smallest absolute Gasteiger partial charge is 0.00652 e. The van der Waals surface area contributed by atoms with Gasteiger partial charge in [-0.2, -0.15) is 0 Å². The summed E-state index contributed by atoms with van der Waals surface area (Å²) in [5.41, 5.74) is 4.58. The average Bonchev–Trinajstić information content (AvgIpc) is 2.19. The van der Waals surface area contributed by atoms with Crippen LogP contribution in [0.15, 0.2) is 30.0 Å². The highest BCUT2D eigenvalue weighted by molar-refractivity contribution is 5.11. The number of hydrogen-bond acceptors (Lipinski definition) is 0. The fourth-order valence-electron chi connectivity index (χ4n) is 0.870. The van der Waals surface area contributed by atoms with Gasteiger partial charge in [0.1, 0.15) is 0 Å². The first kappa shape index (κ1) is 5.40. The summed E-state index contributed by atoms with van der Waals surface area (Å²) in [6.07, 6.45) is 7.44. The lowest BCUT2D eigenvalue weighted by atomic mass is 10.2. The van der Waals surface area contributed by atoms with Crippen LogP contribution in [-0.4, -0.2) is 0 Å². The lowest BCUT2D eigenvalue weighted by molar-refractivity contribution is 0.981. The minimum Gasteiger partial charge on any atom is -0.126 e. The van der Waals surface area contributed by atoms with Crippen LogP contribution < -0.4 is 0 Å². The third kappa shape index (κ3) is 1.11. The molecule has 42 valence electrons. The Bertz CT molecular complexity index is 145. The van der Waals surface area contributed by atoms with Crippen LogP contribution in [0.4, 0.5) is 0 Å². The molecule has 0 aliphatic heterocycles. The fourth-order valence-corrected chi connectivity index (χ4v) is 0.870. The van der Waals surface area contributed by atoms with Crippen LogP contribution in [0.1, 0.15) is 19.3 Å². The normalized spacial score (nSPS) is 16.2. The third-order valence-electron chi connectivity index (χ3n) is 1.29. The highest BCUT2D eigenvalue weighted by atomic mass is 14.0. The van der Waals surface area contributed by atoms with Crippen molar-refractivity contribution in [3.05, 3.63) is 30.0 Å². The summed E-state index contributed by atoms with van der Waals surface area (Å²) in [6, 6.07) is 0. The molecular weight excluding hydrogens is 96.1 g/mol. The Morgan fingerprint density at radius 1 is 1.88 bits per heavy atom. The maximum Gasteiger partial charge on any atom is -0.00652 e. The van der Waals surface area contributed by atoms with E-state index in [9.17, 15) is 0 Å². The lowest BCUT2D eigenvalue weighted by Crippen LogP contribution is -1.71. The van der Waals surface area contributed by atoms with Crippen molar-refractivity contribution in [3.63, 3.8) is 0 Å². The van der Waals surface area contributed by atoms with E-state index >= 15 is 0 Å². The van der Waals surface area contributed by atoms with E-state index in [1.165, 1.54) is 18.4 Å². The van der Waals surface area contributed by atoms with E-state index in [0.717, 1.165) is 6.42 Å². The van der Waals surface area contributed by atoms with Gasteiger partial charge in [-0.25, -0.2) is 0 Å². The van der Waals surface area contributed by atoms with E-state index < -0.39 is 0 Å². The highest BCUT2D eigenvalue weighted by Gasteiger charge is 1.95.